The van der Waals surface area contributed by atoms with Gasteiger partial charge in [-0.2, -0.15) is 4.98 Å². The first kappa shape index (κ1) is 12.7. The van der Waals surface area contributed by atoms with Crippen LogP contribution >= 0.6 is 0 Å². The average molecular weight is 262 g/mol. The van der Waals surface area contributed by atoms with Crippen molar-refractivity contribution in [2.24, 2.45) is 0 Å². The van der Waals surface area contributed by atoms with Gasteiger partial charge in [0.2, 0.25) is 5.95 Å². The predicted octanol–water partition coefficient (Wildman–Crippen LogP) is 1.34. The maximum atomic E-state index is 9.87. The van der Waals surface area contributed by atoms with E-state index in [-0.39, 0.29) is 6.10 Å². The lowest BCUT2D eigenvalue weighted by Gasteiger charge is -2.37. The first-order valence-corrected chi connectivity index (χ1v) is 7.03. The third-order valence-corrected chi connectivity index (χ3v) is 4.30. The molecule has 3 atom stereocenters. The fourth-order valence-corrected chi connectivity index (χ4v) is 3.48. The van der Waals surface area contributed by atoms with Gasteiger partial charge in [-0.05, 0) is 32.6 Å². The Labute approximate surface area is 114 Å². The predicted molar refractivity (Wildman–Crippen MR) is 75.6 cm³/mol. The van der Waals surface area contributed by atoms with Crippen LogP contribution in [0, 0.1) is 6.92 Å². The van der Waals surface area contributed by atoms with Crippen molar-refractivity contribution in [3.63, 3.8) is 0 Å². The topological polar surface area (TPSA) is 52.5 Å². The van der Waals surface area contributed by atoms with Gasteiger partial charge in [0.1, 0.15) is 5.82 Å². The van der Waals surface area contributed by atoms with Crippen LogP contribution in [-0.2, 0) is 0 Å². The molecule has 0 amide bonds. The number of rotatable bonds is 2. The van der Waals surface area contributed by atoms with Crippen molar-refractivity contribution in [1.29, 1.82) is 0 Å². The molecule has 2 aliphatic rings. The fraction of sp³-hybridized carbons (Fsp3) is 0.714. The molecule has 5 heteroatoms. The van der Waals surface area contributed by atoms with Crippen LogP contribution in [0.4, 0.5) is 11.8 Å². The number of aromatic nitrogens is 2. The van der Waals surface area contributed by atoms with Gasteiger partial charge < -0.3 is 14.9 Å². The van der Waals surface area contributed by atoms with Gasteiger partial charge in [-0.25, -0.2) is 4.98 Å². The Hall–Kier alpha value is -1.36. The van der Waals surface area contributed by atoms with E-state index in [0.717, 1.165) is 43.0 Å². The second-order valence-corrected chi connectivity index (χ2v) is 5.99. The maximum Gasteiger partial charge on any atom is 0.227 e. The molecule has 104 valence electrons. The molecule has 1 aromatic heterocycles. The van der Waals surface area contributed by atoms with E-state index in [0.29, 0.717) is 12.1 Å². The highest BCUT2D eigenvalue weighted by molar-refractivity contribution is 5.50. The van der Waals surface area contributed by atoms with Gasteiger partial charge in [0.05, 0.1) is 6.10 Å². The number of anilines is 2. The van der Waals surface area contributed by atoms with E-state index in [1.165, 1.54) is 0 Å². The molecule has 2 bridgehead atoms. The summed E-state index contributed by atoms with van der Waals surface area (Å²) in [6.45, 7) is 2.04. The Balaban J connectivity index is 1.93. The Morgan fingerprint density at radius 3 is 2.47 bits per heavy atom. The van der Waals surface area contributed by atoms with Crippen molar-refractivity contribution in [2.75, 3.05) is 23.9 Å². The molecule has 2 fully saturated rings. The molecular formula is C14H22N4O. The molecule has 3 rings (SSSR count). The molecule has 0 aromatic carbocycles. The number of aryl methyl sites for hydroxylation is 1. The summed E-state index contributed by atoms with van der Waals surface area (Å²) >= 11 is 0. The van der Waals surface area contributed by atoms with Crippen molar-refractivity contribution in [1.82, 2.24) is 9.97 Å². The van der Waals surface area contributed by atoms with Crippen molar-refractivity contribution in [3.8, 4) is 0 Å². The molecule has 0 spiro atoms. The summed E-state index contributed by atoms with van der Waals surface area (Å²) in [6.07, 6.45) is 5.76. The Kier molecular flexibility index (Phi) is 3.09. The smallest absolute Gasteiger partial charge is 0.227 e. The summed E-state index contributed by atoms with van der Waals surface area (Å²) in [5, 5.41) is 9.87. The zero-order chi connectivity index (χ0) is 13.6. The Morgan fingerprint density at radius 1 is 1.26 bits per heavy atom. The van der Waals surface area contributed by atoms with Crippen molar-refractivity contribution in [2.45, 2.75) is 50.8 Å². The summed E-state index contributed by atoms with van der Waals surface area (Å²) < 4.78 is 0. The fourth-order valence-electron chi connectivity index (χ4n) is 3.48. The van der Waals surface area contributed by atoms with E-state index in [4.69, 9.17) is 4.98 Å². The summed E-state index contributed by atoms with van der Waals surface area (Å²) in [5.41, 5.74) is 1.10. The zero-order valence-corrected chi connectivity index (χ0v) is 11.9. The highest BCUT2D eigenvalue weighted by atomic mass is 16.3. The average Bonchev–Trinajstić information content (AvgIpc) is 2.63. The number of piperidine rings is 1. The molecular weight excluding hydrogens is 240 g/mol. The van der Waals surface area contributed by atoms with E-state index in [9.17, 15) is 5.11 Å². The van der Waals surface area contributed by atoms with E-state index >= 15 is 0 Å². The standard InChI is InChI=1S/C14H22N4O/c1-9-8-15-14(16-13(9)17(2)3)18-10-4-5-11(18)7-12(19)6-10/h8,10-12,19H,4-7H2,1-3H3/t10-,11+,12?. The molecule has 19 heavy (non-hydrogen) atoms. The second kappa shape index (κ2) is 4.63. The first-order chi connectivity index (χ1) is 9.06. The van der Waals surface area contributed by atoms with Gasteiger partial charge in [0.25, 0.3) is 0 Å². The SMILES string of the molecule is Cc1cnc(N2[C@@H]3CC[C@H]2CC(O)C3)nc1N(C)C. The molecule has 2 aliphatic heterocycles. The summed E-state index contributed by atoms with van der Waals surface area (Å²) in [5.74, 6) is 1.81. The molecule has 0 radical (unpaired) electrons. The molecule has 0 saturated carbocycles. The maximum absolute atomic E-state index is 9.87. The van der Waals surface area contributed by atoms with Crippen molar-refractivity contribution in [3.05, 3.63) is 11.8 Å². The van der Waals surface area contributed by atoms with Crippen LogP contribution in [0.5, 0.6) is 0 Å². The van der Waals surface area contributed by atoms with E-state index < -0.39 is 0 Å². The van der Waals surface area contributed by atoms with E-state index in [1.54, 1.807) is 0 Å². The number of fused-ring (bicyclic) bond motifs is 2. The van der Waals surface area contributed by atoms with Crippen LogP contribution < -0.4 is 9.80 Å². The minimum absolute atomic E-state index is 0.146. The van der Waals surface area contributed by atoms with Crippen molar-refractivity contribution < 1.29 is 5.11 Å². The van der Waals surface area contributed by atoms with Crippen molar-refractivity contribution >= 4 is 11.8 Å². The minimum atomic E-state index is -0.146. The van der Waals surface area contributed by atoms with Crippen LogP contribution in [0.3, 0.4) is 0 Å². The molecule has 5 nitrogen and oxygen atoms in total. The highest BCUT2D eigenvalue weighted by Gasteiger charge is 2.41. The largest absolute Gasteiger partial charge is 0.393 e. The molecule has 1 aromatic rings. The lowest BCUT2D eigenvalue weighted by Crippen LogP contribution is -2.45. The number of aliphatic hydroxyl groups is 1. The van der Waals surface area contributed by atoms with Gasteiger partial charge in [-0.1, -0.05) is 0 Å². The van der Waals surface area contributed by atoms with Crippen LogP contribution in [0.15, 0.2) is 6.20 Å². The minimum Gasteiger partial charge on any atom is -0.393 e. The Morgan fingerprint density at radius 2 is 1.89 bits per heavy atom. The highest BCUT2D eigenvalue weighted by Crippen LogP contribution is 2.38. The van der Waals surface area contributed by atoms with Gasteiger partial charge in [-0.3, -0.25) is 0 Å². The summed E-state index contributed by atoms with van der Waals surface area (Å²) in [7, 11) is 4.02. The molecule has 1 unspecified atom stereocenters. The van der Waals surface area contributed by atoms with Crippen LogP contribution in [-0.4, -0.2) is 47.4 Å². The molecule has 2 saturated heterocycles. The lowest BCUT2D eigenvalue weighted by atomic mass is 10.0. The van der Waals surface area contributed by atoms with Crippen LogP contribution in [0.25, 0.3) is 0 Å². The monoisotopic (exact) mass is 262 g/mol. The summed E-state index contributed by atoms with van der Waals surface area (Å²) in [6, 6.07) is 0.818. The molecule has 0 aliphatic carbocycles. The van der Waals surface area contributed by atoms with E-state index in [1.807, 2.05) is 32.1 Å². The van der Waals surface area contributed by atoms with E-state index in [2.05, 4.69) is 9.88 Å². The normalized spacial score (nSPS) is 29.7. The zero-order valence-electron chi connectivity index (χ0n) is 11.9. The Bertz CT molecular complexity index is 463. The molecule has 3 heterocycles. The van der Waals surface area contributed by atoms with Crippen LogP contribution in [0.1, 0.15) is 31.2 Å². The lowest BCUT2D eigenvalue weighted by molar-refractivity contribution is 0.125. The van der Waals surface area contributed by atoms with Gasteiger partial charge in [-0.15, -0.1) is 0 Å². The number of hydrogen-bond donors (Lipinski definition) is 1. The summed E-state index contributed by atoms with van der Waals surface area (Å²) in [4.78, 5) is 13.6. The quantitative estimate of drug-likeness (QED) is 0.871. The third kappa shape index (κ3) is 2.16. The second-order valence-electron chi connectivity index (χ2n) is 5.99. The van der Waals surface area contributed by atoms with Crippen LogP contribution in [0.2, 0.25) is 0 Å². The van der Waals surface area contributed by atoms with Gasteiger partial charge in [0.15, 0.2) is 0 Å². The number of hydrogen-bond acceptors (Lipinski definition) is 5. The molecule has 1 N–H and O–H groups in total. The number of nitrogens with zero attached hydrogens (tertiary/aromatic N) is 4. The van der Waals surface area contributed by atoms with Gasteiger partial charge in [0, 0.05) is 37.9 Å². The number of aliphatic hydroxyl groups excluding tert-OH is 1. The third-order valence-electron chi connectivity index (χ3n) is 4.30. The van der Waals surface area contributed by atoms with Gasteiger partial charge >= 0.3 is 0 Å². The first-order valence-electron chi connectivity index (χ1n) is 7.03.